The fourth-order valence-electron chi connectivity index (χ4n) is 0.0163. The first-order chi connectivity index (χ1) is 2.81. The molecule has 0 saturated heterocycles. The molecule has 1 N–H and O–H groups in total. The Morgan fingerprint density at radius 3 is 2.33 bits per heavy atom. The van der Waals surface area contributed by atoms with Crippen LogP contribution < -0.4 is 0 Å². The first-order valence-electron chi connectivity index (χ1n) is 1.39. The van der Waals surface area contributed by atoms with Gasteiger partial charge in [-0.05, 0) is 6.92 Å². The molecule has 0 amide bonds. The van der Waals surface area contributed by atoms with E-state index in [4.69, 9.17) is 5.26 Å². The van der Waals surface area contributed by atoms with E-state index in [-0.39, 0.29) is 0 Å². The van der Waals surface area contributed by atoms with Crippen LogP contribution >= 0.6 is 23.0 Å². The smallest absolute Gasteiger partial charge is 0.199 e. The molecule has 0 aliphatic heterocycles. The van der Waals surface area contributed by atoms with Crippen LogP contribution in [0.5, 0.6) is 0 Å². The van der Waals surface area contributed by atoms with E-state index >= 15 is 0 Å². The first kappa shape index (κ1) is 6.61. The molecule has 6 heavy (non-hydrogen) atoms. The van der Waals surface area contributed by atoms with Gasteiger partial charge in [0, 0.05) is 0 Å². The van der Waals surface area contributed by atoms with Gasteiger partial charge in [-0.2, -0.15) is 0 Å². The minimum absolute atomic E-state index is 0.523. The Hall–Kier alpha value is 0.610. The monoisotopic (exact) mass is 204 g/mol. The second-order valence-corrected chi connectivity index (χ2v) is 1.27. The predicted molar refractivity (Wildman–Crippen MR) is 28.3 cm³/mol. The van der Waals surface area contributed by atoms with Crippen molar-refractivity contribution in [1.29, 1.82) is 0 Å². The van der Waals surface area contributed by atoms with Crippen molar-refractivity contribution in [3.05, 3.63) is 0 Å². The number of rotatable bonds is 2. The molecule has 0 aliphatic carbocycles. The van der Waals surface area contributed by atoms with Crippen LogP contribution in [0.3, 0.4) is 0 Å². The van der Waals surface area contributed by atoms with Gasteiger partial charge >= 0.3 is 0 Å². The first-order valence-corrected chi connectivity index (χ1v) is 2.27. The van der Waals surface area contributed by atoms with Crippen LogP contribution in [0.15, 0.2) is 0 Å². The minimum Gasteiger partial charge on any atom is -0.281 e. The molecule has 0 aromatic carbocycles. The van der Waals surface area contributed by atoms with Crippen LogP contribution in [0.25, 0.3) is 0 Å². The zero-order chi connectivity index (χ0) is 4.99. The normalized spacial score (nSPS) is 14.5. The average Bonchev–Trinajstić information content (AvgIpc) is 1.65. The lowest BCUT2D eigenvalue weighted by Gasteiger charge is -1.97. The van der Waals surface area contributed by atoms with Gasteiger partial charge in [-0.25, -0.2) is 10.1 Å². The van der Waals surface area contributed by atoms with Crippen LogP contribution in [-0.2, 0) is 7.95 Å². The van der Waals surface area contributed by atoms with Gasteiger partial charge in [-0.1, -0.05) is 0 Å². The molecule has 0 heterocycles. The lowest BCUT2D eigenvalue weighted by molar-refractivity contribution is -0.312. The van der Waals surface area contributed by atoms with Crippen molar-refractivity contribution in [2.75, 3.05) is 0 Å². The Morgan fingerprint density at radius 1 is 1.83 bits per heavy atom. The van der Waals surface area contributed by atoms with E-state index in [9.17, 15) is 0 Å². The molecule has 0 aromatic heterocycles. The summed E-state index contributed by atoms with van der Waals surface area (Å²) in [5.74, 6) is 0. The third kappa shape index (κ3) is 2.83. The minimum atomic E-state index is -0.523. The van der Waals surface area contributed by atoms with E-state index < -0.39 is 6.29 Å². The maximum atomic E-state index is 7.70. The summed E-state index contributed by atoms with van der Waals surface area (Å²) in [6, 6.07) is 0. The second-order valence-electron chi connectivity index (χ2n) is 0.762. The summed E-state index contributed by atoms with van der Waals surface area (Å²) in [7, 11) is 0. The molecule has 4 heteroatoms. The molecular formula is C2H5IO3. The van der Waals surface area contributed by atoms with Crippen LogP contribution in [0.1, 0.15) is 6.92 Å². The van der Waals surface area contributed by atoms with E-state index in [0.717, 1.165) is 0 Å². The Bertz CT molecular complexity index is 28.0. The van der Waals surface area contributed by atoms with Crippen molar-refractivity contribution in [1.82, 2.24) is 0 Å². The van der Waals surface area contributed by atoms with Crippen LogP contribution in [0.2, 0.25) is 0 Å². The topological polar surface area (TPSA) is 38.7 Å². The van der Waals surface area contributed by atoms with Gasteiger partial charge in [-0.15, -0.1) is 0 Å². The van der Waals surface area contributed by atoms with Crippen molar-refractivity contribution in [2.24, 2.45) is 0 Å². The molecule has 0 aromatic rings. The SMILES string of the molecule is CC(OO)OI. The standard InChI is InChI=1S/C2H5IO3/c1-2(5-3)6-4/h2,4H,1H3. The highest BCUT2D eigenvalue weighted by Crippen LogP contribution is 1.94. The van der Waals surface area contributed by atoms with Gasteiger partial charge in [0.15, 0.2) is 6.29 Å². The van der Waals surface area contributed by atoms with Gasteiger partial charge in [-0.3, -0.25) is 3.07 Å². The summed E-state index contributed by atoms with van der Waals surface area (Å²) in [6.45, 7) is 1.58. The summed E-state index contributed by atoms with van der Waals surface area (Å²) in [5.41, 5.74) is 0. The summed E-state index contributed by atoms with van der Waals surface area (Å²) >= 11 is 1.63. The van der Waals surface area contributed by atoms with Crippen molar-refractivity contribution >= 4 is 23.0 Å². The highest BCUT2D eigenvalue weighted by Gasteiger charge is 1.92. The molecule has 0 bridgehead atoms. The van der Waals surface area contributed by atoms with Crippen molar-refractivity contribution < 1.29 is 13.2 Å². The second kappa shape index (κ2) is 3.79. The lowest BCUT2D eigenvalue weighted by atomic mass is 10.8. The van der Waals surface area contributed by atoms with Gasteiger partial charge < -0.3 is 0 Å². The van der Waals surface area contributed by atoms with Crippen LogP contribution in [-0.4, -0.2) is 11.5 Å². The Labute approximate surface area is 49.9 Å². The molecule has 0 radical (unpaired) electrons. The summed E-state index contributed by atoms with van der Waals surface area (Å²) in [6.07, 6.45) is -0.523. The fraction of sp³-hybridized carbons (Fsp3) is 1.00. The highest BCUT2D eigenvalue weighted by molar-refractivity contribution is 14.1. The molecule has 0 spiro atoms. The molecule has 1 unspecified atom stereocenters. The molecular weight excluding hydrogens is 199 g/mol. The van der Waals surface area contributed by atoms with E-state index in [1.807, 2.05) is 0 Å². The van der Waals surface area contributed by atoms with Crippen LogP contribution in [0, 0.1) is 0 Å². The van der Waals surface area contributed by atoms with Crippen molar-refractivity contribution in [3.63, 3.8) is 0 Å². The average molecular weight is 204 g/mol. The third-order valence-corrected chi connectivity index (χ3v) is 0.990. The summed E-state index contributed by atoms with van der Waals surface area (Å²) < 4.78 is 4.40. The molecule has 0 aliphatic rings. The van der Waals surface area contributed by atoms with E-state index in [1.54, 1.807) is 29.9 Å². The number of halogens is 1. The van der Waals surface area contributed by atoms with Gasteiger partial charge in [0.05, 0.1) is 0 Å². The molecule has 1 atom stereocenters. The quantitative estimate of drug-likeness (QED) is 0.317. The zero-order valence-corrected chi connectivity index (χ0v) is 5.38. The van der Waals surface area contributed by atoms with E-state index in [2.05, 4.69) is 7.95 Å². The van der Waals surface area contributed by atoms with Gasteiger partial charge in [0.1, 0.15) is 23.0 Å². The number of hydrogen-bond donors (Lipinski definition) is 1. The molecule has 3 nitrogen and oxygen atoms in total. The largest absolute Gasteiger partial charge is 0.281 e. The number of hydrogen-bond acceptors (Lipinski definition) is 3. The summed E-state index contributed by atoms with van der Waals surface area (Å²) in [4.78, 5) is 3.67. The maximum Gasteiger partial charge on any atom is 0.199 e. The zero-order valence-electron chi connectivity index (χ0n) is 3.22. The fourth-order valence-corrected chi connectivity index (χ4v) is 0.109. The predicted octanol–water partition coefficient (Wildman–Crippen LogP) is 1.19. The van der Waals surface area contributed by atoms with Crippen molar-refractivity contribution in [2.45, 2.75) is 13.2 Å². The Kier molecular flexibility index (Phi) is 4.17. The van der Waals surface area contributed by atoms with Gasteiger partial charge in [0.25, 0.3) is 0 Å². The molecule has 0 rings (SSSR count). The van der Waals surface area contributed by atoms with Crippen LogP contribution in [0.4, 0.5) is 0 Å². The third-order valence-electron chi connectivity index (χ3n) is 0.274. The van der Waals surface area contributed by atoms with E-state index in [1.165, 1.54) is 0 Å². The maximum absolute atomic E-state index is 7.70. The Morgan fingerprint density at radius 2 is 2.33 bits per heavy atom. The molecule has 38 valence electrons. The highest BCUT2D eigenvalue weighted by atomic mass is 127. The van der Waals surface area contributed by atoms with E-state index in [0.29, 0.717) is 0 Å². The van der Waals surface area contributed by atoms with Gasteiger partial charge in [0.2, 0.25) is 0 Å². The molecule has 0 saturated carbocycles. The summed E-state index contributed by atoms with van der Waals surface area (Å²) in [5, 5.41) is 7.70. The van der Waals surface area contributed by atoms with Crippen molar-refractivity contribution in [3.8, 4) is 0 Å². The molecule has 0 fully saturated rings. The lowest BCUT2D eigenvalue weighted by Crippen LogP contribution is -2.02. The Balaban J connectivity index is 2.75.